The van der Waals surface area contributed by atoms with Crippen LogP contribution in [0.2, 0.25) is 0 Å². The Morgan fingerprint density at radius 2 is 2.24 bits per heavy atom. The zero-order chi connectivity index (χ0) is 17.5. The molecule has 0 unspecified atom stereocenters. The summed E-state index contributed by atoms with van der Waals surface area (Å²) in [6, 6.07) is 9.37. The van der Waals surface area contributed by atoms with Crippen molar-refractivity contribution in [1.82, 2.24) is 15.3 Å². The van der Waals surface area contributed by atoms with Gasteiger partial charge in [-0.2, -0.15) is 0 Å². The molecule has 1 N–H and O–H groups in total. The zero-order valence-electron chi connectivity index (χ0n) is 14.4. The van der Waals surface area contributed by atoms with E-state index in [4.69, 9.17) is 9.47 Å². The van der Waals surface area contributed by atoms with Crippen LogP contribution >= 0.6 is 0 Å². The lowest BCUT2D eigenvalue weighted by Crippen LogP contribution is -2.51. The van der Waals surface area contributed by atoms with Gasteiger partial charge in [-0.15, -0.1) is 0 Å². The molecule has 2 aromatic rings. The van der Waals surface area contributed by atoms with Gasteiger partial charge in [-0.1, -0.05) is 6.07 Å². The fraction of sp³-hybridized carbons (Fsp3) is 0.421. The van der Waals surface area contributed by atoms with E-state index in [9.17, 15) is 4.79 Å². The third kappa shape index (κ3) is 5.26. The first-order chi connectivity index (χ1) is 12.2. The fourth-order valence-corrected chi connectivity index (χ4v) is 2.76. The second-order valence-electron chi connectivity index (χ2n) is 6.15. The van der Waals surface area contributed by atoms with Gasteiger partial charge in [0.25, 0.3) is 0 Å². The lowest BCUT2D eigenvalue weighted by atomic mass is 10.1. The minimum Gasteiger partial charge on any atom is -0.486 e. The number of aromatic nitrogens is 2. The van der Waals surface area contributed by atoms with Gasteiger partial charge in [0.1, 0.15) is 11.9 Å². The Labute approximate surface area is 147 Å². The fourth-order valence-electron chi connectivity index (χ4n) is 2.76. The molecule has 0 aliphatic carbocycles. The van der Waals surface area contributed by atoms with E-state index < -0.39 is 0 Å². The predicted molar refractivity (Wildman–Crippen MR) is 93.3 cm³/mol. The van der Waals surface area contributed by atoms with E-state index in [0.717, 1.165) is 17.8 Å². The van der Waals surface area contributed by atoms with Crippen LogP contribution in [0.15, 0.2) is 42.7 Å². The Morgan fingerprint density at radius 1 is 1.32 bits per heavy atom. The molecule has 1 amide bonds. The lowest BCUT2D eigenvalue weighted by molar-refractivity contribution is -0.124. The highest BCUT2D eigenvalue weighted by atomic mass is 16.5. The number of carbonyl (C=O) groups excluding carboxylic acids is 1. The molecule has 1 aliphatic rings. The minimum absolute atomic E-state index is 0.0169. The second kappa shape index (κ2) is 8.58. The topological polar surface area (TPSA) is 73.3 Å². The van der Waals surface area contributed by atoms with Gasteiger partial charge in [-0.25, -0.2) is 0 Å². The van der Waals surface area contributed by atoms with E-state index in [0.29, 0.717) is 31.8 Å². The van der Waals surface area contributed by atoms with Crippen molar-refractivity contribution in [2.45, 2.75) is 38.3 Å². The van der Waals surface area contributed by atoms with Crippen molar-refractivity contribution in [1.29, 1.82) is 0 Å². The maximum Gasteiger partial charge on any atom is 0.220 e. The van der Waals surface area contributed by atoms with Gasteiger partial charge in [0.15, 0.2) is 0 Å². The molecule has 0 spiro atoms. The van der Waals surface area contributed by atoms with Crippen LogP contribution in [0.5, 0.6) is 5.75 Å². The van der Waals surface area contributed by atoms with Gasteiger partial charge >= 0.3 is 0 Å². The molecular formula is C19H23N3O3. The Morgan fingerprint density at radius 3 is 3.00 bits per heavy atom. The standard InChI is InChI=1S/C19H23N3O3/c1-14-5-7-16(12-21-14)25-18-9-11-24-13-17(18)22-19(23)8-6-15-4-2-3-10-20-15/h2-5,7,10,12,17-18H,6,8-9,11,13H2,1H3,(H,22,23)/t17-,18+/m1/s1. The highest BCUT2D eigenvalue weighted by Gasteiger charge is 2.29. The maximum absolute atomic E-state index is 12.3. The van der Waals surface area contributed by atoms with Crippen molar-refractivity contribution in [3.8, 4) is 5.75 Å². The van der Waals surface area contributed by atoms with Crippen LogP contribution < -0.4 is 10.1 Å². The van der Waals surface area contributed by atoms with E-state index in [1.807, 2.05) is 37.3 Å². The number of hydrogen-bond donors (Lipinski definition) is 1. The largest absolute Gasteiger partial charge is 0.486 e. The number of aryl methyl sites for hydroxylation is 2. The number of nitrogens with one attached hydrogen (secondary N) is 1. The summed E-state index contributed by atoms with van der Waals surface area (Å²) < 4.78 is 11.5. The molecule has 1 aliphatic heterocycles. The first-order valence-electron chi connectivity index (χ1n) is 8.57. The number of pyridine rings is 2. The first kappa shape index (κ1) is 17.4. The Kier molecular flexibility index (Phi) is 5.95. The minimum atomic E-state index is -0.161. The third-order valence-electron chi connectivity index (χ3n) is 4.15. The molecule has 6 nitrogen and oxygen atoms in total. The summed E-state index contributed by atoms with van der Waals surface area (Å²) in [5.41, 5.74) is 1.86. The summed E-state index contributed by atoms with van der Waals surface area (Å²) in [7, 11) is 0. The summed E-state index contributed by atoms with van der Waals surface area (Å²) in [5, 5.41) is 3.03. The molecule has 2 atom stereocenters. The predicted octanol–water partition coefficient (Wildman–Crippen LogP) is 2.07. The molecule has 0 bridgehead atoms. The van der Waals surface area contributed by atoms with Crippen molar-refractivity contribution in [3.63, 3.8) is 0 Å². The highest BCUT2D eigenvalue weighted by Crippen LogP contribution is 2.18. The quantitative estimate of drug-likeness (QED) is 0.871. The molecule has 0 aromatic carbocycles. The number of nitrogens with zero attached hydrogens (tertiary/aromatic N) is 2. The molecule has 6 heteroatoms. The highest BCUT2D eigenvalue weighted by molar-refractivity contribution is 5.76. The lowest BCUT2D eigenvalue weighted by Gasteiger charge is -2.32. The Balaban J connectivity index is 1.53. The van der Waals surface area contributed by atoms with Crippen molar-refractivity contribution in [2.75, 3.05) is 13.2 Å². The number of hydrogen-bond acceptors (Lipinski definition) is 5. The van der Waals surface area contributed by atoms with Crippen molar-refractivity contribution in [2.24, 2.45) is 0 Å². The number of carbonyl (C=O) groups is 1. The first-order valence-corrected chi connectivity index (χ1v) is 8.57. The van der Waals surface area contributed by atoms with Crippen LogP contribution in [0.4, 0.5) is 0 Å². The van der Waals surface area contributed by atoms with Gasteiger partial charge < -0.3 is 14.8 Å². The molecular weight excluding hydrogens is 318 g/mol. The van der Waals surface area contributed by atoms with Crippen LogP contribution in [0.25, 0.3) is 0 Å². The monoisotopic (exact) mass is 341 g/mol. The number of rotatable bonds is 6. The summed E-state index contributed by atoms with van der Waals surface area (Å²) in [5.74, 6) is 0.696. The molecule has 3 rings (SSSR count). The molecule has 1 fully saturated rings. The zero-order valence-corrected chi connectivity index (χ0v) is 14.4. The molecule has 0 radical (unpaired) electrons. The van der Waals surface area contributed by atoms with E-state index in [1.54, 1.807) is 12.4 Å². The molecule has 0 saturated carbocycles. The van der Waals surface area contributed by atoms with E-state index in [1.165, 1.54) is 0 Å². The Hall–Kier alpha value is -2.47. The van der Waals surface area contributed by atoms with Gasteiger partial charge in [0, 0.05) is 30.4 Å². The van der Waals surface area contributed by atoms with Gasteiger partial charge in [-0.05, 0) is 37.6 Å². The third-order valence-corrected chi connectivity index (χ3v) is 4.15. The van der Waals surface area contributed by atoms with Crippen molar-refractivity contribution < 1.29 is 14.3 Å². The second-order valence-corrected chi connectivity index (χ2v) is 6.15. The molecule has 3 heterocycles. The van der Waals surface area contributed by atoms with Gasteiger partial charge in [0.05, 0.1) is 25.5 Å². The number of ether oxygens (including phenoxy) is 2. The average molecular weight is 341 g/mol. The molecule has 25 heavy (non-hydrogen) atoms. The van der Waals surface area contributed by atoms with Crippen LogP contribution in [0.3, 0.4) is 0 Å². The van der Waals surface area contributed by atoms with Crippen LogP contribution in [0, 0.1) is 6.92 Å². The summed E-state index contributed by atoms with van der Waals surface area (Å²) in [4.78, 5) is 20.7. The van der Waals surface area contributed by atoms with Crippen LogP contribution in [-0.2, 0) is 16.0 Å². The average Bonchev–Trinajstić information content (AvgIpc) is 2.64. The van der Waals surface area contributed by atoms with Crippen LogP contribution in [0.1, 0.15) is 24.2 Å². The van der Waals surface area contributed by atoms with Gasteiger partial charge in [-0.3, -0.25) is 14.8 Å². The van der Waals surface area contributed by atoms with E-state index in [2.05, 4.69) is 15.3 Å². The molecule has 2 aromatic heterocycles. The van der Waals surface area contributed by atoms with E-state index in [-0.39, 0.29) is 18.1 Å². The number of amides is 1. The molecule has 1 saturated heterocycles. The Bertz CT molecular complexity index is 676. The van der Waals surface area contributed by atoms with Gasteiger partial charge in [0.2, 0.25) is 5.91 Å². The summed E-state index contributed by atoms with van der Waals surface area (Å²) in [6.07, 6.45) is 5.09. The molecule has 132 valence electrons. The smallest absolute Gasteiger partial charge is 0.220 e. The van der Waals surface area contributed by atoms with Crippen molar-refractivity contribution >= 4 is 5.91 Å². The van der Waals surface area contributed by atoms with Crippen molar-refractivity contribution in [3.05, 3.63) is 54.1 Å². The summed E-state index contributed by atoms with van der Waals surface area (Å²) in [6.45, 7) is 3.02. The maximum atomic E-state index is 12.3. The SMILES string of the molecule is Cc1ccc(O[C@H]2CCOC[C@H]2NC(=O)CCc2ccccn2)cn1. The van der Waals surface area contributed by atoms with Crippen LogP contribution in [-0.4, -0.2) is 41.2 Å². The van der Waals surface area contributed by atoms with E-state index >= 15 is 0 Å². The normalized spacial score (nSPS) is 20.0. The summed E-state index contributed by atoms with van der Waals surface area (Å²) >= 11 is 0.